The summed E-state index contributed by atoms with van der Waals surface area (Å²) in [5, 5.41) is 5.75. The Kier molecular flexibility index (Phi) is 11.3. The molecule has 13 heteroatoms. The number of rotatable bonds is 11. The molecule has 2 aliphatic rings. The molecule has 0 bridgehead atoms. The lowest BCUT2D eigenvalue weighted by Gasteiger charge is -2.30. The van der Waals surface area contributed by atoms with Crippen LogP contribution in [0.2, 0.25) is 0 Å². The van der Waals surface area contributed by atoms with E-state index in [2.05, 4.69) is 42.7 Å². The van der Waals surface area contributed by atoms with Crippen LogP contribution in [0, 0.1) is 17.8 Å². The molecule has 1 unspecified atom stereocenters. The molecule has 1 aliphatic heterocycles. The van der Waals surface area contributed by atoms with Gasteiger partial charge in [-0.05, 0) is 59.8 Å². The molecule has 1 aliphatic carbocycles. The number of hydrogen-bond acceptors (Lipinski definition) is 6. The summed E-state index contributed by atoms with van der Waals surface area (Å²) < 4.78 is 32.0. The van der Waals surface area contributed by atoms with E-state index in [-0.39, 0.29) is 61.4 Å². The zero-order valence-corrected chi connectivity index (χ0v) is 30.9. The van der Waals surface area contributed by atoms with Crippen LogP contribution >= 0.6 is 0 Å². The van der Waals surface area contributed by atoms with E-state index < -0.39 is 24.0 Å². The van der Waals surface area contributed by atoms with E-state index in [0.717, 1.165) is 46.5 Å². The van der Waals surface area contributed by atoms with Crippen molar-refractivity contribution in [1.82, 2.24) is 35.5 Å². The molecule has 3 atom stereocenters. The van der Waals surface area contributed by atoms with Crippen molar-refractivity contribution in [3.05, 3.63) is 72.6 Å². The predicted molar refractivity (Wildman–Crippen MR) is 198 cm³/mol. The lowest BCUT2D eigenvalue weighted by atomic mass is 9.86. The fourth-order valence-corrected chi connectivity index (χ4v) is 7.30. The van der Waals surface area contributed by atoms with Crippen molar-refractivity contribution in [2.75, 3.05) is 13.7 Å². The lowest BCUT2D eigenvalue weighted by molar-refractivity contribution is -0.135. The molecule has 3 heterocycles. The summed E-state index contributed by atoms with van der Waals surface area (Å²) in [4.78, 5) is 56.2. The molecule has 2 fully saturated rings. The van der Waals surface area contributed by atoms with Crippen LogP contribution in [0.15, 0.2) is 60.9 Å². The highest BCUT2D eigenvalue weighted by atomic mass is 19.3. The van der Waals surface area contributed by atoms with E-state index in [4.69, 9.17) is 4.74 Å². The Balaban J connectivity index is 1.09. The van der Waals surface area contributed by atoms with Gasteiger partial charge in [0.15, 0.2) is 0 Å². The number of carbonyl (C=O) groups is 3. The smallest absolute Gasteiger partial charge is 0.407 e. The molecule has 53 heavy (non-hydrogen) atoms. The highest BCUT2D eigenvalue weighted by molar-refractivity contribution is 5.86. The number of H-pyrrole nitrogens is 2. The number of aromatic nitrogens is 4. The highest BCUT2D eigenvalue weighted by Crippen LogP contribution is 2.37. The van der Waals surface area contributed by atoms with Crippen LogP contribution in [-0.4, -0.2) is 68.4 Å². The van der Waals surface area contributed by atoms with Crippen molar-refractivity contribution < 1.29 is 27.9 Å². The van der Waals surface area contributed by atoms with Crippen LogP contribution in [-0.2, 0) is 14.3 Å². The van der Waals surface area contributed by atoms with Crippen LogP contribution in [0.4, 0.5) is 13.6 Å². The van der Waals surface area contributed by atoms with E-state index in [1.165, 1.54) is 7.11 Å². The average Bonchev–Trinajstić information content (AvgIpc) is 3.94. The first-order chi connectivity index (χ1) is 25.3. The molecule has 1 saturated carbocycles. The summed E-state index contributed by atoms with van der Waals surface area (Å²) >= 11 is 0. The number of alkyl halides is 2. The van der Waals surface area contributed by atoms with Crippen molar-refractivity contribution in [2.45, 2.75) is 90.3 Å². The topological polar surface area (TPSA) is 145 Å². The summed E-state index contributed by atoms with van der Waals surface area (Å²) in [5.41, 5.74) is 5.65. The van der Waals surface area contributed by atoms with E-state index in [1.54, 1.807) is 17.3 Å². The first-order valence-corrected chi connectivity index (χ1v) is 18.5. The molecular formula is C40H49F2N7O4. The minimum Gasteiger partial charge on any atom is -0.453 e. The molecule has 0 spiro atoms. The van der Waals surface area contributed by atoms with E-state index in [1.807, 2.05) is 64.1 Å². The predicted octanol–water partition coefficient (Wildman–Crippen LogP) is 7.82. The van der Waals surface area contributed by atoms with Crippen LogP contribution in [0.1, 0.15) is 90.0 Å². The number of nitrogens with one attached hydrogen (secondary N) is 4. The SMILES string of the molecule is COC(=O)N[C@H](C(=O)N1CCC[C@H]1c1ncc(-c2ccc(-c3ccc(-c4cnc(C(NC(=O)C5CCC(F)(F)CC5)C(C)C)[nH]4)cc3)cc2)[nH]1)C(C)C. The number of benzene rings is 2. The van der Waals surface area contributed by atoms with Gasteiger partial charge in [-0.25, -0.2) is 23.5 Å². The number of ether oxygens (including phenoxy) is 1. The van der Waals surface area contributed by atoms with Gasteiger partial charge in [-0.1, -0.05) is 76.2 Å². The minimum absolute atomic E-state index is 0.0441. The number of hydrogen-bond donors (Lipinski definition) is 4. The quantitative estimate of drug-likeness (QED) is 0.124. The number of amides is 3. The first-order valence-electron chi connectivity index (χ1n) is 18.5. The fraction of sp³-hybridized carbons (Fsp3) is 0.475. The zero-order valence-electron chi connectivity index (χ0n) is 30.9. The van der Waals surface area contributed by atoms with E-state index >= 15 is 0 Å². The Morgan fingerprint density at radius 3 is 1.94 bits per heavy atom. The number of halogens is 2. The number of alkyl carbamates (subject to hydrolysis) is 1. The Morgan fingerprint density at radius 1 is 0.811 bits per heavy atom. The second-order valence-electron chi connectivity index (χ2n) is 14.9. The van der Waals surface area contributed by atoms with Gasteiger partial charge in [-0.15, -0.1) is 0 Å². The summed E-state index contributed by atoms with van der Waals surface area (Å²) in [6.07, 6.45) is 4.40. The maximum Gasteiger partial charge on any atom is 0.407 e. The van der Waals surface area contributed by atoms with Gasteiger partial charge >= 0.3 is 6.09 Å². The van der Waals surface area contributed by atoms with Gasteiger partial charge < -0.3 is 30.2 Å². The Hall–Kier alpha value is -5.07. The molecule has 0 radical (unpaired) electrons. The van der Waals surface area contributed by atoms with E-state index in [0.29, 0.717) is 18.2 Å². The minimum atomic E-state index is -2.68. The van der Waals surface area contributed by atoms with Crippen LogP contribution in [0.5, 0.6) is 0 Å². The fourth-order valence-electron chi connectivity index (χ4n) is 7.30. The van der Waals surface area contributed by atoms with Crippen molar-refractivity contribution >= 4 is 17.9 Å². The molecule has 1 saturated heterocycles. The van der Waals surface area contributed by atoms with Crippen molar-refractivity contribution in [3.63, 3.8) is 0 Å². The van der Waals surface area contributed by atoms with E-state index in [9.17, 15) is 23.2 Å². The van der Waals surface area contributed by atoms with Gasteiger partial charge in [0.05, 0.1) is 43.0 Å². The first kappa shape index (κ1) is 37.7. The molecule has 3 amide bonds. The van der Waals surface area contributed by atoms with Crippen molar-refractivity contribution in [2.24, 2.45) is 17.8 Å². The van der Waals surface area contributed by atoms with Crippen molar-refractivity contribution in [1.29, 1.82) is 0 Å². The molecule has 4 aromatic rings. The van der Waals surface area contributed by atoms with Gasteiger partial charge in [-0.2, -0.15) is 0 Å². The Labute approximate surface area is 308 Å². The number of methoxy groups -OCH3 is 1. The normalized spacial score (nSPS) is 18.6. The third-order valence-corrected chi connectivity index (χ3v) is 10.5. The maximum atomic E-state index is 13.6. The third-order valence-electron chi connectivity index (χ3n) is 10.5. The maximum absolute atomic E-state index is 13.6. The third kappa shape index (κ3) is 8.60. The number of imidazole rings is 2. The average molecular weight is 730 g/mol. The lowest BCUT2D eigenvalue weighted by Crippen LogP contribution is -2.51. The second-order valence-corrected chi connectivity index (χ2v) is 14.9. The number of likely N-dealkylation sites (tertiary alicyclic amines) is 1. The monoisotopic (exact) mass is 729 g/mol. The van der Waals surface area contributed by atoms with Gasteiger partial charge in [0.25, 0.3) is 0 Å². The van der Waals surface area contributed by atoms with Crippen LogP contribution in [0.25, 0.3) is 33.6 Å². The van der Waals surface area contributed by atoms with Crippen LogP contribution in [0.3, 0.4) is 0 Å². The molecule has 282 valence electrons. The van der Waals surface area contributed by atoms with Gasteiger partial charge in [0.2, 0.25) is 17.7 Å². The Bertz CT molecular complexity index is 1880. The van der Waals surface area contributed by atoms with Crippen LogP contribution < -0.4 is 10.6 Å². The molecule has 11 nitrogen and oxygen atoms in total. The number of nitrogens with zero attached hydrogens (tertiary/aromatic N) is 3. The molecule has 6 rings (SSSR count). The molecule has 2 aromatic carbocycles. The van der Waals surface area contributed by atoms with Gasteiger partial charge in [0, 0.05) is 25.3 Å². The van der Waals surface area contributed by atoms with Crippen molar-refractivity contribution in [3.8, 4) is 33.6 Å². The number of aromatic amines is 2. The second kappa shape index (κ2) is 15.9. The number of carbonyl (C=O) groups excluding carboxylic acids is 3. The Morgan fingerprint density at radius 2 is 1.38 bits per heavy atom. The molecule has 2 aromatic heterocycles. The summed E-state index contributed by atoms with van der Waals surface area (Å²) in [7, 11) is 1.28. The summed E-state index contributed by atoms with van der Waals surface area (Å²) in [6, 6.07) is 15.0. The van der Waals surface area contributed by atoms with Gasteiger partial charge in [0.1, 0.15) is 17.7 Å². The molecular weight excluding hydrogens is 680 g/mol. The summed E-state index contributed by atoms with van der Waals surface area (Å²) in [6.45, 7) is 8.37. The zero-order chi connectivity index (χ0) is 37.9. The standard InChI is InChI=1S/C40H49F2N7O4/c1-23(2)33(47-37(50)29-16-18-40(41,42)19-17-29)36-44-22-31(46-36)28-14-10-26(11-15-28)25-8-12-27(13-9-25)30-21-43-35(45-30)32-7-6-20-49(32)38(51)34(24(3)4)48-39(52)53-5/h8-15,21-24,29,32-34H,6-7,16-20H2,1-5H3,(H,43,45)(H,44,46)(H,47,50)(H,48,52)/t32-,33?,34-/m0/s1. The highest BCUT2D eigenvalue weighted by Gasteiger charge is 2.39. The largest absolute Gasteiger partial charge is 0.453 e. The van der Waals surface area contributed by atoms with Gasteiger partial charge in [-0.3, -0.25) is 9.59 Å². The molecule has 4 N–H and O–H groups in total. The summed E-state index contributed by atoms with van der Waals surface area (Å²) in [5.74, 6) is -2.15.